The molecule has 0 aliphatic carbocycles. The van der Waals surface area contributed by atoms with Gasteiger partial charge in [-0.05, 0) is 31.2 Å². The molecule has 3 aromatic rings. The largest absolute Gasteiger partial charge is 0.346 e. The van der Waals surface area contributed by atoms with E-state index in [0.717, 1.165) is 18.3 Å². The monoisotopic (exact) mass is 406 g/mol. The second-order valence-corrected chi connectivity index (χ2v) is 6.98. The number of hydrogen-bond acceptors (Lipinski definition) is 3. The highest BCUT2D eigenvalue weighted by Gasteiger charge is 2.28. The van der Waals surface area contributed by atoms with Crippen molar-refractivity contribution in [2.45, 2.75) is 25.2 Å². The third-order valence-electron chi connectivity index (χ3n) is 5.09. The molecule has 1 aliphatic heterocycles. The lowest BCUT2D eigenvalue weighted by molar-refractivity contribution is 0.0893. The molecule has 5 nitrogen and oxygen atoms in total. The SMILES string of the molecule is O=C(N[C@H]1CCNC[C@H]1F)c1cn(Cc2ccncc2F)c2c(F)ccc(F)c12. The number of fused-ring (bicyclic) bond motifs is 1. The van der Waals surface area contributed by atoms with Crippen molar-refractivity contribution in [2.24, 2.45) is 0 Å². The van der Waals surface area contributed by atoms with E-state index in [0.29, 0.717) is 13.0 Å². The van der Waals surface area contributed by atoms with E-state index in [9.17, 15) is 22.4 Å². The van der Waals surface area contributed by atoms with E-state index in [1.54, 1.807) is 0 Å². The second kappa shape index (κ2) is 7.82. The summed E-state index contributed by atoms with van der Waals surface area (Å²) in [5.74, 6) is -2.85. The van der Waals surface area contributed by atoms with E-state index < -0.39 is 35.6 Å². The number of carbonyl (C=O) groups excluding carboxylic acids is 1. The Morgan fingerprint density at radius 3 is 2.76 bits per heavy atom. The Bertz CT molecular complexity index is 1070. The van der Waals surface area contributed by atoms with Gasteiger partial charge in [0.2, 0.25) is 0 Å². The minimum Gasteiger partial charge on any atom is -0.346 e. The fourth-order valence-electron chi connectivity index (χ4n) is 3.61. The average molecular weight is 406 g/mol. The minimum absolute atomic E-state index is 0.108. The van der Waals surface area contributed by atoms with Gasteiger partial charge in [0.05, 0.1) is 35.2 Å². The van der Waals surface area contributed by atoms with E-state index >= 15 is 0 Å². The van der Waals surface area contributed by atoms with Crippen LogP contribution >= 0.6 is 0 Å². The zero-order chi connectivity index (χ0) is 20.5. The lowest BCUT2D eigenvalue weighted by Gasteiger charge is -2.27. The molecule has 4 rings (SSSR count). The van der Waals surface area contributed by atoms with Crippen molar-refractivity contribution in [3.05, 3.63) is 65.4 Å². The van der Waals surface area contributed by atoms with Crippen molar-refractivity contribution in [1.29, 1.82) is 0 Å². The number of halogens is 4. The first-order valence-electron chi connectivity index (χ1n) is 9.16. The Hall–Kier alpha value is -2.94. The highest BCUT2D eigenvalue weighted by atomic mass is 19.1. The van der Waals surface area contributed by atoms with Crippen LogP contribution in [0.2, 0.25) is 0 Å². The summed E-state index contributed by atoms with van der Waals surface area (Å²) in [7, 11) is 0. The van der Waals surface area contributed by atoms with Gasteiger partial charge in [0.15, 0.2) is 0 Å². The molecule has 3 heterocycles. The van der Waals surface area contributed by atoms with Crippen LogP contribution in [0.15, 0.2) is 36.8 Å². The van der Waals surface area contributed by atoms with Gasteiger partial charge in [-0.3, -0.25) is 9.78 Å². The number of rotatable bonds is 4. The van der Waals surface area contributed by atoms with Crippen LogP contribution in [0.1, 0.15) is 22.3 Å². The molecule has 0 unspecified atom stereocenters. The van der Waals surface area contributed by atoms with Gasteiger partial charge in [0.1, 0.15) is 23.6 Å². The van der Waals surface area contributed by atoms with Crippen LogP contribution in [0.5, 0.6) is 0 Å². The number of nitrogens with one attached hydrogen (secondary N) is 2. The lowest BCUT2D eigenvalue weighted by atomic mass is 10.0. The molecule has 29 heavy (non-hydrogen) atoms. The highest BCUT2D eigenvalue weighted by molar-refractivity contribution is 6.07. The van der Waals surface area contributed by atoms with E-state index in [2.05, 4.69) is 15.6 Å². The number of carbonyl (C=O) groups is 1. The van der Waals surface area contributed by atoms with Gasteiger partial charge in [0.25, 0.3) is 5.91 Å². The molecule has 2 N–H and O–H groups in total. The summed E-state index contributed by atoms with van der Waals surface area (Å²) < 4.78 is 58.4. The lowest BCUT2D eigenvalue weighted by Crippen LogP contribution is -2.50. The summed E-state index contributed by atoms with van der Waals surface area (Å²) >= 11 is 0. The van der Waals surface area contributed by atoms with Crippen molar-refractivity contribution in [3.8, 4) is 0 Å². The third-order valence-corrected chi connectivity index (χ3v) is 5.09. The third kappa shape index (κ3) is 3.69. The molecular weight excluding hydrogens is 388 g/mol. The van der Waals surface area contributed by atoms with Gasteiger partial charge in [-0.25, -0.2) is 17.6 Å². The molecule has 0 radical (unpaired) electrons. The molecule has 2 atom stereocenters. The maximum Gasteiger partial charge on any atom is 0.253 e. The summed E-state index contributed by atoms with van der Waals surface area (Å²) in [4.78, 5) is 16.4. The first kappa shape index (κ1) is 19.4. The van der Waals surface area contributed by atoms with Gasteiger partial charge in [-0.1, -0.05) is 0 Å². The molecule has 9 heteroatoms. The molecular formula is C20H18F4N4O. The van der Waals surface area contributed by atoms with Crippen LogP contribution in [-0.4, -0.2) is 40.8 Å². The Morgan fingerprint density at radius 2 is 2.00 bits per heavy atom. The molecule has 0 spiro atoms. The first-order chi connectivity index (χ1) is 14.0. The molecule has 0 bridgehead atoms. The zero-order valence-electron chi connectivity index (χ0n) is 15.3. The van der Waals surface area contributed by atoms with Crippen molar-refractivity contribution in [2.75, 3.05) is 13.1 Å². The molecule has 1 fully saturated rings. The van der Waals surface area contributed by atoms with Crippen molar-refractivity contribution in [3.63, 3.8) is 0 Å². The molecule has 1 amide bonds. The fourth-order valence-corrected chi connectivity index (χ4v) is 3.61. The van der Waals surface area contributed by atoms with Crippen LogP contribution < -0.4 is 10.6 Å². The molecule has 1 aromatic carbocycles. The molecule has 1 aliphatic rings. The smallest absolute Gasteiger partial charge is 0.253 e. The number of aromatic nitrogens is 2. The Labute approximate surface area is 163 Å². The molecule has 0 saturated carbocycles. The fraction of sp³-hybridized carbons (Fsp3) is 0.300. The van der Waals surface area contributed by atoms with E-state index in [-0.39, 0.29) is 35.1 Å². The van der Waals surface area contributed by atoms with Crippen LogP contribution in [0.3, 0.4) is 0 Å². The number of alkyl halides is 1. The molecule has 2 aromatic heterocycles. The zero-order valence-corrected chi connectivity index (χ0v) is 15.3. The first-order valence-corrected chi connectivity index (χ1v) is 9.16. The average Bonchev–Trinajstić information content (AvgIpc) is 3.09. The maximum absolute atomic E-state index is 14.5. The van der Waals surface area contributed by atoms with Gasteiger partial charge in [0, 0.05) is 24.5 Å². The van der Waals surface area contributed by atoms with Gasteiger partial charge in [-0.2, -0.15) is 0 Å². The molecule has 152 valence electrons. The maximum atomic E-state index is 14.5. The number of benzene rings is 1. The topological polar surface area (TPSA) is 59.0 Å². The summed E-state index contributed by atoms with van der Waals surface area (Å²) in [5, 5.41) is 5.23. The predicted molar refractivity (Wildman–Crippen MR) is 98.8 cm³/mol. The number of pyridine rings is 1. The summed E-state index contributed by atoms with van der Waals surface area (Å²) in [6.07, 6.45) is 2.76. The van der Waals surface area contributed by atoms with Gasteiger partial charge in [-0.15, -0.1) is 0 Å². The van der Waals surface area contributed by atoms with E-state index in [4.69, 9.17) is 0 Å². The highest BCUT2D eigenvalue weighted by Crippen LogP contribution is 2.28. The minimum atomic E-state index is -1.28. The van der Waals surface area contributed by atoms with Crippen LogP contribution in [-0.2, 0) is 6.54 Å². The molecule has 1 saturated heterocycles. The van der Waals surface area contributed by atoms with Crippen molar-refractivity contribution in [1.82, 2.24) is 20.2 Å². The van der Waals surface area contributed by atoms with E-state index in [1.165, 1.54) is 23.0 Å². The van der Waals surface area contributed by atoms with Crippen LogP contribution in [0, 0.1) is 17.5 Å². The van der Waals surface area contributed by atoms with Crippen molar-refractivity contribution < 1.29 is 22.4 Å². The Balaban J connectivity index is 1.75. The van der Waals surface area contributed by atoms with Crippen LogP contribution in [0.4, 0.5) is 17.6 Å². The van der Waals surface area contributed by atoms with Gasteiger partial charge >= 0.3 is 0 Å². The Morgan fingerprint density at radius 1 is 1.21 bits per heavy atom. The predicted octanol–water partition coefficient (Wildman–Crippen LogP) is 2.93. The van der Waals surface area contributed by atoms with Gasteiger partial charge < -0.3 is 15.2 Å². The number of nitrogens with zero attached hydrogens (tertiary/aromatic N) is 2. The summed E-state index contributed by atoms with van der Waals surface area (Å²) in [6, 6.07) is 2.56. The standard InChI is InChI=1S/C20H18F4N4O/c21-13-1-2-14(22)19-18(13)12(20(29)27-17-4-6-26-8-16(17)24)10-28(19)9-11-3-5-25-7-15(11)23/h1-3,5,7,10,16-17,26H,4,6,8-9H2,(H,27,29)/t16-,17+/m1/s1. The Kier molecular flexibility index (Phi) is 5.23. The van der Waals surface area contributed by atoms with E-state index in [1.807, 2.05) is 0 Å². The number of hydrogen-bond donors (Lipinski definition) is 2. The second-order valence-electron chi connectivity index (χ2n) is 6.98. The number of piperidine rings is 1. The van der Waals surface area contributed by atoms with Crippen LogP contribution in [0.25, 0.3) is 10.9 Å². The normalized spacial score (nSPS) is 19.4. The number of amides is 1. The summed E-state index contributed by atoms with van der Waals surface area (Å²) in [6.45, 7) is 0.520. The van der Waals surface area contributed by atoms with Crippen molar-refractivity contribution >= 4 is 16.8 Å². The quantitative estimate of drug-likeness (QED) is 0.655. The summed E-state index contributed by atoms with van der Waals surface area (Å²) in [5.41, 5.74) is -0.0830.